The fraction of sp³-hybridized carbons (Fsp3) is 0.444. The minimum absolute atomic E-state index is 0.210. The lowest BCUT2D eigenvalue weighted by molar-refractivity contribution is 0.0670. The Kier molecular flexibility index (Phi) is 8.57. The van der Waals surface area contributed by atoms with Gasteiger partial charge in [-0.05, 0) is 55.6 Å². The maximum absolute atomic E-state index is 11.3. The number of ether oxygens (including phenoxy) is 3. The summed E-state index contributed by atoms with van der Waals surface area (Å²) in [6.07, 6.45) is 4.52. The zero-order valence-corrected chi connectivity index (χ0v) is 19.8. The molecule has 1 aliphatic rings. The highest BCUT2D eigenvalue weighted by molar-refractivity contribution is 5.90. The summed E-state index contributed by atoms with van der Waals surface area (Å²) in [4.78, 5) is 13.8. The van der Waals surface area contributed by atoms with Gasteiger partial charge in [-0.15, -0.1) is 0 Å². The van der Waals surface area contributed by atoms with Crippen molar-refractivity contribution in [1.29, 1.82) is 0 Å². The van der Waals surface area contributed by atoms with Crippen molar-refractivity contribution in [3.63, 3.8) is 0 Å². The van der Waals surface area contributed by atoms with E-state index in [1.54, 1.807) is 31.4 Å². The number of carboxylic acids is 1. The molecule has 34 heavy (non-hydrogen) atoms. The second kappa shape index (κ2) is 12.0. The number of fused-ring (bicyclic) bond motifs is 1. The monoisotopic (exact) mass is 466 g/mol. The van der Waals surface area contributed by atoms with Crippen LogP contribution in [0.25, 0.3) is 10.9 Å². The zero-order valence-electron chi connectivity index (χ0n) is 19.8. The summed E-state index contributed by atoms with van der Waals surface area (Å²) in [6, 6.07) is 15.4. The van der Waals surface area contributed by atoms with Crippen LogP contribution in [0.5, 0.6) is 5.75 Å². The number of carbonyl (C=O) groups is 1. The van der Waals surface area contributed by atoms with E-state index in [1.807, 2.05) is 0 Å². The minimum Gasteiger partial charge on any atom is -0.491 e. The second-order valence-corrected chi connectivity index (χ2v) is 8.67. The summed E-state index contributed by atoms with van der Waals surface area (Å²) in [7, 11) is 1.69. The molecule has 1 fully saturated rings. The molecule has 0 unspecified atom stereocenters. The molecule has 4 rings (SSSR count). The van der Waals surface area contributed by atoms with Crippen molar-refractivity contribution >= 4 is 16.9 Å². The number of piperidine rings is 1. The number of likely N-dealkylation sites (tertiary alicyclic amines) is 1. The van der Waals surface area contributed by atoms with Crippen molar-refractivity contribution in [2.24, 2.45) is 0 Å². The van der Waals surface area contributed by atoms with Gasteiger partial charge in [-0.1, -0.05) is 30.3 Å². The molecule has 0 amide bonds. The molecule has 0 radical (unpaired) electrons. The SMILES string of the molecule is COCCOCCn1cc(C2CCN(CCOc3ccccc3C(=O)O)CC2)c2ccccc21. The Labute approximate surface area is 200 Å². The maximum Gasteiger partial charge on any atom is 0.339 e. The Balaban J connectivity index is 1.31. The van der Waals surface area contributed by atoms with Gasteiger partial charge < -0.3 is 23.9 Å². The van der Waals surface area contributed by atoms with Gasteiger partial charge in [0, 0.05) is 37.3 Å². The van der Waals surface area contributed by atoms with Gasteiger partial charge >= 0.3 is 5.97 Å². The standard InChI is InChI=1S/C27H34N2O5/c1-32-18-19-33-16-15-29-20-24(22-6-2-4-8-25(22)29)21-10-12-28(13-11-21)14-17-34-26-9-5-3-7-23(26)27(30)31/h2-9,20-21H,10-19H2,1H3,(H,30,31). The number of hydrogen-bond donors (Lipinski definition) is 1. The van der Waals surface area contributed by atoms with E-state index in [0.29, 0.717) is 38.1 Å². The van der Waals surface area contributed by atoms with Crippen molar-refractivity contribution in [1.82, 2.24) is 9.47 Å². The minimum atomic E-state index is -0.961. The third kappa shape index (κ3) is 5.97. The summed E-state index contributed by atoms with van der Waals surface area (Å²) in [5.74, 6) is 0.00600. The lowest BCUT2D eigenvalue weighted by Crippen LogP contribution is -2.35. The normalized spacial score (nSPS) is 15.1. The third-order valence-electron chi connectivity index (χ3n) is 6.54. The number of nitrogens with zero attached hydrogens (tertiary/aromatic N) is 2. The summed E-state index contributed by atoms with van der Waals surface area (Å²) in [5.41, 5.74) is 2.90. The molecule has 0 bridgehead atoms. The molecule has 0 saturated carbocycles. The largest absolute Gasteiger partial charge is 0.491 e. The Hall–Kier alpha value is -2.87. The van der Waals surface area contributed by atoms with E-state index < -0.39 is 5.97 Å². The van der Waals surface area contributed by atoms with E-state index in [1.165, 1.54) is 16.5 Å². The van der Waals surface area contributed by atoms with E-state index in [9.17, 15) is 9.90 Å². The summed E-state index contributed by atoms with van der Waals surface area (Å²) in [5, 5.41) is 10.6. The first kappa shape index (κ1) is 24.3. The van der Waals surface area contributed by atoms with Crippen LogP contribution in [0.4, 0.5) is 0 Å². The van der Waals surface area contributed by atoms with Crippen molar-refractivity contribution in [2.45, 2.75) is 25.3 Å². The zero-order chi connectivity index (χ0) is 23.8. The van der Waals surface area contributed by atoms with Crippen LogP contribution in [0.1, 0.15) is 34.7 Å². The number of para-hydroxylation sites is 2. The first-order chi connectivity index (χ1) is 16.7. The average molecular weight is 467 g/mol. The Morgan fingerprint density at radius 2 is 1.74 bits per heavy atom. The van der Waals surface area contributed by atoms with Gasteiger partial charge in [0.2, 0.25) is 0 Å². The molecular weight excluding hydrogens is 432 g/mol. The number of carboxylic acid groups (broad SMARTS) is 1. The smallest absolute Gasteiger partial charge is 0.339 e. The molecule has 1 aliphatic heterocycles. The maximum atomic E-state index is 11.3. The molecule has 182 valence electrons. The Morgan fingerprint density at radius 1 is 0.971 bits per heavy atom. The van der Waals surface area contributed by atoms with Crippen LogP contribution in [0.3, 0.4) is 0 Å². The van der Waals surface area contributed by atoms with Crippen molar-refractivity contribution in [3.8, 4) is 5.75 Å². The first-order valence-electron chi connectivity index (χ1n) is 12.0. The average Bonchev–Trinajstić information content (AvgIpc) is 3.23. The van der Waals surface area contributed by atoms with Crippen LogP contribution in [0.2, 0.25) is 0 Å². The van der Waals surface area contributed by atoms with E-state index >= 15 is 0 Å². The topological polar surface area (TPSA) is 73.2 Å². The van der Waals surface area contributed by atoms with Gasteiger partial charge in [0.15, 0.2) is 0 Å². The van der Waals surface area contributed by atoms with E-state index in [4.69, 9.17) is 14.2 Å². The van der Waals surface area contributed by atoms with Gasteiger partial charge in [-0.3, -0.25) is 4.90 Å². The van der Waals surface area contributed by atoms with Crippen LogP contribution in [0, 0.1) is 0 Å². The van der Waals surface area contributed by atoms with Crippen molar-refractivity contribution in [2.75, 3.05) is 53.2 Å². The van der Waals surface area contributed by atoms with Gasteiger partial charge in [0.25, 0.3) is 0 Å². The summed E-state index contributed by atoms with van der Waals surface area (Å²) >= 11 is 0. The summed E-state index contributed by atoms with van der Waals surface area (Å²) < 4.78 is 18.8. The highest BCUT2D eigenvalue weighted by atomic mass is 16.5. The highest BCUT2D eigenvalue weighted by Gasteiger charge is 2.24. The molecule has 0 spiro atoms. The van der Waals surface area contributed by atoms with Gasteiger partial charge in [0.1, 0.15) is 17.9 Å². The number of aromatic nitrogens is 1. The van der Waals surface area contributed by atoms with E-state index in [0.717, 1.165) is 39.0 Å². The molecule has 0 atom stereocenters. The molecule has 0 aliphatic carbocycles. The predicted octanol–water partition coefficient (Wildman–Crippen LogP) is 4.26. The fourth-order valence-electron chi connectivity index (χ4n) is 4.71. The van der Waals surface area contributed by atoms with E-state index in [2.05, 4.69) is 39.9 Å². The lowest BCUT2D eigenvalue weighted by atomic mass is 9.89. The quantitative estimate of drug-likeness (QED) is 0.402. The third-order valence-corrected chi connectivity index (χ3v) is 6.54. The molecule has 7 nitrogen and oxygen atoms in total. The molecule has 2 aromatic carbocycles. The Morgan fingerprint density at radius 3 is 2.53 bits per heavy atom. The van der Waals surface area contributed by atoms with Crippen molar-refractivity contribution in [3.05, 3.63) is 65.9 Å². The van der Waals surface area contributed by atoms with Gasteiger partial charge in [0.05, 0.1) is 19.8 Å². The van der Waals surface area contributed by atoms with Crippen LogP contribution >= 0.6 is 0 Å². The fourth-order valence-corrected chi connectivity index (χ4v) is 4.71. The number of aromatic carboxylic acids is 1. The molecule has 7 heteroatoms. The molecule has 1 saturated heterocycles. The van der Waals surface area contributed by atoms with Crippen LogP contribution < -0.4 is 4.74 Å². The predicted molar refractivity (Wildman–Crippen MR) is 132 cm³/mol. The lowest BCUT2D eigenvalue weighted by Gasteiger charge is -2.31. The second-order valence-electron chi connectivity index (χ2n) is 8.67. The highest BCUT2D eigenvalue weighted by Crippen LogP contribution is 2.34. The van der Waals surface area contributed by atoms with Gasteiger partial charge in [-0.25, -0.2) is 4.79 Å². The number of benzene rings is 2. The molecule has 1 aromatic heterocycles. The summed E-state index contributed by atoms with van der Waals surface area (Å²) in [6.45, 7) is 6.03. The molecule has 1 N–H and O–H groups in total. The van der Waals surface area contributed by atoms with Gasteiger partial charge in [-0.2, -0.15) is 0 Å². The Bertz CT molecular complexity index is 1070. The number of hydrogen-bond acceptors (Lipinski definition) is 5. The van der Waals surface area contributed by atoms with Crippen LogP contribution in [-0.4, -0.2) is 73.7 Å². The van der Waals surface area contributed by atoms with E-state index in [-0.39, 0.29) is 5.56 Å². The number of methoxy groups -OCH3 is 1. The van der Waals surface area contributed by atoms with Crippen LogP contribution in [-0.2, 0) is 16.0 Å². The first-order valence-corrected chi connectivity index (χ1v) is 12.0. The van der Waals surface area contributed by atoms with Crippen LogP contribution in [0.15, 0.2) is 54.7 Å². The molecule has 2 heterocycles. The molecular formula is C27H34N2O5. The van der Waals surface area contributed by atoms with Crippen molar-refractivity contribution < 1.29 is 24.1 Å². The molecule has 3 aromatic rings. The number of rotatable bonds is 12.